The summed E-state index contributed by atoms with van der Waals surface area (Å²) in [5, 5.41) is 2.79. The summed E-state index contributed by atoms with van der Waals surface area (Å²) in [7, 11) is 1.10. The average Bonchev–Trinajstić information content (AvgIpc) is 2.74. The van der Waals surface area contributed by atoms with Gasteiger partial charge in [0.1, 0.15) is 0 Å². The van der Waals surface area contributed by atoms with Gasteiger partial charge in [0.15, 0.2) is 18.1 Å². The number of hydrogen-bond acceptors (Lipinski definition) is 6. The summed E-state index contributed by atoms with van der Waals surface area (Å²) in [5.74, 6) is 0.331. The minimum Gasteiger partial charge on any atom is -0.493 e. The van der Waals surface area contributed by atoms with E-state index >= 15 is 0 Å². The standard InChI is InChI=1S/C23H31N3O6S/c1-23(2,3)25-33(29,30)18-10-8-17(9-11-18)22(28)24-14-16-7-12-19(20(13-16)31-6)32-15-21(27)26(4)5/h7-13,25H,14-15H2,1-6H3,(H,24,28). The van der Waals surface area contributed by atoms with Crippen molar-refractivity contribution in [1.82, 2.24) is 14.9 Å². The molecule has 0 heterocycles. The maximum Gasteiger partial charge on any atom is 0.259 e. The molecular formula is C23H31N3O6S. The van der Waals surface area contributed by atoms with Crippen LogP contribution in [0.15, 0.2) is 47.4 Å². The van der Waals surface area contributed by atoms with E-state index in [1.165, 1.54) is 36.3 Å². The lowest BCUT2D eigenvalue weighted by Crippen LogP contribution is -2.40. The Labute approximate surface area is 195 Å². The number of amides is 2. The van der Waals surface area contributed by atoms with Gasteiger partial charge in [0.05, 0.1) is 12.0 Å². The molecule has 0 aliphatic rings. The Bertz CT molecular complexity index is 1090. The number of carbonyl (C=O) groups excluding carboxylic acids is 2. The molecule has 2 aromatic rings. The van der Waals surface area contributed by atoms with Gasteiger partial charge in [-0.3, -0.25) is 9.59 Å². The number of carbonyl (C=O) groups is 2. The molecule has 0 unspecified atom stereocenters. The number of likely N-dealkylation sites (N-methyl/N-ethyl adjacent to an activating group) is 1. The van der Waals surface area contributed by atoms with Crippen molar-refractivity contribution in [3.05, 3.63) is 53.6 Å². The van der Waals surface area contributed by atoms with Crippen LogP contribution in [0.1, 0.15) is 36.7 Å². The lowest BCUT2D eigenvalue weighted by Gasteiger charge is -2.20. The van der Waals surface area contributed by atoms with Gasteiger partial charge in [0.25, 0.3) is 11.8 Å². The van der Waals surface area contributed by atoms with Gasteiger partial charge in [0.2, 0.25) is 10.0 Å². The van der Waals surface area contributed by atoms with Gasteiger partial charge < -0.3 is 19.7 Å². The van der Waals surface area contributed by atoms with Gasteiger partial charge in [-0.1, -0.05) is 6.07 Å². The molecule has 0 aliphatic heterocycles. The van der Waals surface area contributed by atoms with Crippen molar-refractivity contribution in [2.45, 2.75) is 37.8 Å². The van der Waals surface area contributed by atoms with Gasteiger partial charge in [-0.25, -0.2) is 13.1 Å². The molecule has 2 amide bonds. The zero-order valence-corrected chi connectivity index (χ0v) is 20.6. The summed E-state index contributed by atoms with van der Waals surface area (Å²) in [4.78, 5) is 25.7. The van der Waals surface area contributed by atoms with Crippen LogP contribution in [-0.4, -0.2) is 58.5 Å². The second-order valence-corrected chi connectivity index (χ2v) is 10.3. The number of sulfonamides is 1. The van der Waals surface area contributed by atoms with Crippen molar-refractivity contribution in [3.8, 4) is 11.5 Å². The maximum atomic E-state index is 12.5. The Kier molecular flexibility index (Phi) is 8.45. The molecule has 0 aliphatic carbocycles. The quantitative estimate of drug-likeness (QED) is 0.572. The van der Waals surface area contributed by atoms with Gasteiger partial charge in [0, 0.05) is 31.7 Å². The zero-order valence-electron chi connectivity index (χ0n) is 19.8. The molecular weight excluding hydrogens is 446 g/mol. The SMILES string of the molecule is COc1cc(CNC(=O)c2ccc(S(=O)(=O)NC(C)(C)C)cc2)ccc1OCC(=O)N(C)C. The lowest BCUT2D eigenvalue weighted by molar-refractivity contribution is -0.130. The summed E-state index contributed by atoms with van der Waals surface area (Å²) in [6.45, 7) is 5.37. The fourth-order valence-electron chi connectivity index (χ4n) is 2.74. The molecule has 0 saturated heterocycles. The first-order chi connectivity index (χ1) is 15.3. The second kappa shape index (κ2) is 10.7. The molecule has 33 heavy (non-hydrogen) atoms. The summed E-state index contributed by atoms with van der Waals surface area (Å²) in [5.41, 5.74) is 0.483. The van der Waals surface area contributed by atoms with Gasteiger partial charge in [-0.15, -0.1) is 0 Å². The normalized spacial score (nSPS) is 11.6. The first kappa shape index (κ1) is 26.1. The number of ether oxygens (including phenoxy) is 2. The van der Waals surface area contributed by atoms with Crippen LogP contribution >= 0.6 is 0 Å². The first-order valence-electron chi connectivity index (χ1n) is 10.2. The number of methoxy groups -OCH3 is 1. The molecule has 0 saturated carbocycles. The van der Waals surface area contributed by atoms with E-state index in [-0.39, 0.29) is 29.9 Å². The molecule has 0 spiro atoms. The summed E-state index contributed by atoms with van der Waals surface area (Å²) in [6, 6.07) is 10.9. The van der Waals surface area contributed by atoms with Crippen molar-refractivity contribution >= 4 is 21.8 Å². The summed E-state index contributed by atoms with van der Waals surface area (Å²) < 4.78 is 38.2. The van der Waals surface area contributed by atoms with Crippen LogP contribution in [0.25, 0.3) is 0 Å². The van der Waals surface area contributed by atoms with Crippen molar-refractivity contribution < 1.29 is 27.5 Å². The third-order valence-electron chi connectivity index (χ3n) is 4.40. The Morgan fingerprint density at radius 2 is 1.64 bits per heavy atom. The Morgan fingerprint density at radius 3 is 2.18 bits per heavy atom. The first-order valence-corrected chi connectivity index (χ1v) is 11.7. The molecule has 2 aromatic carbocycles. The van der Waals surface area contributed by atoms with Crippen LogP contribution in [0.5, 0.6) is 11.5 Å². The van der Waals surface area contributed by atoms with E-state index in [1.807, 2.05) is 0 Å². The van der Waals surface area contributed by atoms with Gasteiger partial charge in [-0.2, -0.15) is 0 Å². The van der Waals surface area contributed by atoms with E-state index in [2.05, 4.69) is 10.0 Å². The highest BCUT2D eigenvalue weighted by Crippen LogP contribution is 2.28. The highest BCUT2D eigenvalue weighted by Gasteiger charge is 2.22. The molecule has 9 nitrogen and oxygen atoms in total. The molecule has 10 heteroatoms. The van der Waals surface area contributed by atoms with Gasteiger partial charge >= 0.3 is 0 Å². The summed E-state index contributed by atoms with van der Waals surface area (Å²) in [6.07, 6.45) is 0. The van der Waals surface area contributed by atoms with Crippen LogP contribution in [0.4, 0.5) is 0 Å². The van der Waals surface area contributed by atoms with Crippen LogP contribution < -0.4 is 19.5 Å². The van der Waals surface area contributed by atoms with Crippen LogP contribution in [0.2, 0.25) is 0 Å². The number of nitrogens with one attached hydrogen (secondary N) is 2. The highest BCUT2D eigenvalue weighted by atomic mass is 32.2. The largest absolute Gasteiger partial charge is 0.493 e. The molecule has 2 rings (SSSR count). The van der Waals surface area contributed by atoms with Crippen molar-refractivity contribution in [1.29, 1.82) is 0 Å². The van der Waals surface area contributed by atoms with E-state index in [1.54, 1.807) is 53.1 Å². The Hall–Kier alpha value is -3.11. The highest BCUT2D eigenvalue weighted by molar-refractivity contribution is 7.89. The fourth-order valence-corrected chi connectivity index (χ4v) is 4.16. The molecule has 0 atom stereocenters. The van der Waals surface area contributed by atoms with Crippen molar-refractivity contribution in [3.63, 3.8) is 0 Å². The van der Waals surface area contributed by atoms with E-state index in [0.29, 0.717) is 17.1 Å². The van der Waals surface area contributed by atoms with E-state index in [9.17, 15) is 18.0 Å². The third-order valence-corrected chi connectivity index (χ3v) is 6.17. The third kappa shape index (κ3) is 7.76. The van der Waals surface area contributed by atoms with Crippen LogP contribution in [0.3, 0.4) is 0 Å². The molecule has 0 aromatic heterocycles. The van der Waals surface area contributed by atoms with Gasteiger partial charge in [-0.05, 0) is 62.7 Å². The van der Waals surface area contributed by atoms with E-state index < -0.39 is 15.6 Å². The number of hydrogen-bond donors (Lipinski definition) is 2. The zero-order chi connectivity index (χ0) is 24.8. The predicted octanol–water partition coefficient (Wildman–Crippen LogP) is 2.17. The fraction of sp³-hybridized carbons (Fsp3) is 0.391. The Morgan fingerprint density at radius 1 is 1.00 bits per heavy atom. The van der Waals surface area contributed by atoms with Crippen LogP contribution in [-0.2, 0) is 21.4 Å². The molecule has 0 fully saturated rings. The smallest absolute Gasteiger partial charge is 0.259 e. The number of benzene rings is 2. The maximum absolute atomic E-state index is 12.5. The Balaban J connectivity index is 2.02. The molecule has 2 N–H and O–H groups in total. The van der Waals surface area contributed by atoms with E-state index in [4.69, 9.17) is 9.47 Å². The average molecular weight is 478 g/mol. The minimum absolute atomic E-state index is 0.0852. The minimum atomic E-state index is -3.67. The monoisotopic (exact) mass is 477 g/mol. The number of nitrogens with zero attached hydrogens (tertiary/aromatic N) is 1. The predicted molar refractivity (Wildman–Crippen MR) is 125 cm³/mol. The van der Waals surface area contributed by atoms with E-state index in [0.717, 1.165) is 5.56 Å². The topological polar surface area (TPSA) is 114 Å². The lowest BCUT2D eigenvalue weighted by atomic mass is 10.1. The van der Waals surface area contributed by atoms with Crippen molar-refractivity contribution in [2.75, 3.05) is 27.8 Å². The van der Waals surface area contributed by atoms with Crippen molar-refractivity contribution in [2.24, 2.45) is 0 Å². The second-order valence-electron chi connectivity index (χ2n) is 8.62. The summed E-state index contributed by atoms with van der Waals surface area (Å²) >= 11 is 0. The molecule has 0 bridgehead atoms. The molecule has 180 valence electrons. The number of rotatable bonds is 9. The van der Waals surface area contributed by atoms with Crippen LogP contribution in [0, 0.1) is 0 Å². The molecule has 0 radical (unpaired) electrons.